The zero-order valence-electron chi connectivity index (χ0n) is 32.7. The van der Waals surface area contributed by atoms with Gasteiger partial charge >= 0.3 is 0 Å². The molecular weight excluding hydrogens is 602 g/mol. The van der Waals surface area contributed by atoms with Crippen molar-refractivity contribution in [3.05, 3.63) is 48.6 Å². The third kappa shape index (κ3) is 37.4. The monoisotopic (exact) mass is 686 g/mol. The molecule has 4 nitrogen and oxygen atoms in total. The Bertz CT molecular complexity index is 786. The lowest BCUT2D eigenvalue weighted by molar-refractivity contribution is -0.123. The molecule has 0 aromatic rings. The maximum absolute atomic E-state index is 12.4. The second-order valence-electron chi connectivity index (χ2n) is 14.4. The number of rotatable bonds is 38. The number of carbonyl (C=O) groups excluding carboxylic acids is 1. The van der Waals surface area contributed by atoms with Crippen molar-refractivity contribution < 1.29 is 15.0 Å². The molecule has 0 radical (unpaired) electrons. The molecule has 0 spiro atoms. The molecule has 0 aliphatic carbocycles. The summed E-state index contributed by atoms with van der Waals surface area (Å²) in [6, 6.07) is -0.646. The Kier molecular flexibility index (Phi) is 39.4. The van der Waals surface area contributed by atoms with E-state index in [1.165, 1.54) is 154 Å². The Hall–Kier alpha value is -1.65. The Balaban J connectivity index is 3.63. The number of hydrogen-bond acceptors (Lipinski definition) is 3. The molecular formula is C45H83NO3. The van der Waals surface area contributed by atoms with E-state index in [4.69, 9.17) is 0 Å². The molecule has 286 valence electrons. The molecule has 3 N–H and O–H groups in total. The van der Waals surface area contributed by atoms with E-state index in [0.717, 1.165) is 38.5 Å². The summed E-state index contributed by atoms with van der Waals surface area (Å²) in [4.78, 5) is 12.4. The summed E-state index contributed by atoms with van der Waals surface area (Å²) in [5.41, 5.74) is 0. The minimum Gasteiger partial charge on any atom is -0.394 e. The SMILES string of the molecule is CCCCCCCC/C=C/CC/C=C/CC/C=C/C(O)C(CO)NC(=O)CCCCCCCCCCC/C=C\CCCCCCCCCC. The van der Waals surface area contributed by atoms with Crippen LogP contribution in [0.2, 0.25) is 0 Å². The third-order valence-electron chi connectivity index (χ3n) is 9.51. The molecule has 0 aromatic heterocycles. The number of carbonyl (C=O) groups is 1. The van der Waals surface area contributed by atoms with E-state index in [0.29, 0.717) is 6.42 Å². The van der Waals surface area contributed by atoms with Gasteiger partial charge in [0.1, 0.15) is 0 Å². The first-order valence-corrected chi connectivity index (χ1v) is 21.4. The normalized spacial score (nSPS) is 13.5. The average molecular weight is 686 g/mol. The topological polar surface area (TPSA) is 69.6 Å². The van der Waals surface area contributed by atoms with Crippen molar-refractivity contribution in [2.45, 2.75) is 225 Å². The van der Waals surface area contributed by atoms with Gasteiger partial charge in [-0.25, -0.2) is 0 Å². The number of amides is 1. The second-order valence-corrected chi connectivity index (χ2v) is 14.4. The number of nitrogens with one attached hydrogen (secondary N) is 1. The van der Waals surface area contributed by atoms with Crippen molar-refractivity contribution >= 4 is 5.91 Å². The molecule has 1 amide bonds. The van der Waals surface area contributed by atoms with Crippen molar-refractivity contribution in [2.24, 2.45) is 0 Å². The van der Waals surface area contributed by atoms with Gasteiger partial charge in [0.2, 0.25) is 5.91 Å². The predicted molar refractivity (Wildman–Crippen MR) is 216 cm³/mol. The summed E-state index contributed by atoms with van der Waals surface area (Å²) in [7, 11) is 0. The van der Waals surface area contributed by atoms with Gasteiger partial charge in [-0.3, -0.25) is 4.79 Å². The summed E-state index contributed by atoms with van der Waals surface area (Å²) in [6.07, 6.45) is 55.0. The molecule has 49 heavy (non-hydrogen) atoms. The molecule has 0 rings (SSSR count). The van der Waals surface area contributed by atoms with Gasteiger partial charge in [-0.05, 0) is 70.6 Å². The van der Waals surface area contributed by atoms with Gasteiger partial charge < -0.3 is 15.5 Å². The maximum atomic E-state index is 12.4. The van der Waals surface area contributed by atoms with E-state index in [2.05, 4.69) is 55.6 Å². The smallest absolute Gasteiger partial charge is 0.220 e. The molecule has 0 saturated carbocycles. The molecule has 0 bridgehead atoms. The predicted octanol–water partition coefficient (Wildman–Crippen LogP) is 13.2. The summed E-state index contributed by atoms with van der Waals surface area (Å²) in [5, 5.41) is 22.9. The number of aliphatic hydroxyl groups excluding tert-OH is 2. The van der Waals surface area contributed by atoms with Crippen LogP contribution in [0.3, 0.4) is 0 Å². The van der Waals surface area contributed by atoms with Gasteiger partial charge in [0.05, 0.1) is 18.8 Å². The number of hydrogen-bond donors (Lipinski definition) is 3. The third-order valence-corrected chi connectivity index (χ3v) is 9.51. The molecule has 2 atom stereocenters. The minimum absolute atomic E-state index is 0.0812. The molecule has 2 unspecified atom stereocenters. The standard InChI is InChI=1S/C45H83NO3/c1-3-5-7-9-11-13-15-17-19-21-22-23-24-25-27-29-31-33-35-37-39-41-45(49)46-43(42-47)44(48)40-38-36-34-32-30-28-26-20-18-16-14-12-10-8-6-4-2/h18,20-22,30,32,38,40,43-44,47-48H,3-17,19,23-29,31,33-37,39,41-42H2,1-2H3,(H,46,49)/b20-18+,22-21-,32-30+,40-38+. The highest BCUT2D eigenvalue weighted by atomic mass is 16.3. The number of allylic oxidation sites excluding steroid dienone is 7. The average Bonchev–Trinajstić information content (AvgIpc) is 3.10. The minimum atomic E-state index is -0.870. The van der Waals surface area contributed by atoms with Crippen LogP contribution in [0.15, 0.2) is 48.6 Å². The van der Waals surface area contributed by atoms with E-state index in [1.807, 2.05) is 6.08 Å². The van der Waals surface area contributed by atoms with Crippen LogP contribution >= 0.6 is 0 Å². The van der Waals surface area contributed by atoms with Crippen LogP contribution in [0.4, 0.5) is 0 Å². The molecule has 4 heteroatoms. The maximum Gasteiger partial charge on any atom is 0.220 e. The lowest BCUT2D eigenvalue weighted by atomic mass is 10.0. The van der Waals surface area contributed by atoms with Gasteiger partial charge in [0, 0.05) is 6.42 Å². The highest BCUT2D eigenvalue weighted by Crippen LogP contribution is 2.13. The van der Waals surface area contributed by atoms with Gasteiger partial charge in [0.25, 0.3) is 0 Å². The van der Waals surface area contributed by atoms with Gasteiger partial charge in [-0.1, -0.05) is 184 Å². The fourth-order valence-corrected chi connectivity index (χ4v) is 6.20. The van der Waals surface area contributed by atoms with Crippen molar-refractivity contribution in [3.63, 3.8) is 0 Å². The van der Waals surface area contributed by atoms with Crippen molar-refractivity contribution in [3.8, 4) is 0 Å². The van der Waals surface area contributed by atoms with Gasteiger partial charge in [0.15, 0.2) is 0 Å². The van der Waals surface area contributed by atoms with Crippen LogP contribution in [0.5, 0.6) is 0 Å². The summed E-state index contributed by atoms with van der Waals surface area (Å²) >= 11 is 0. The van der Waals surface area contributed by atoms with Crippen molar-refractivity contribution in [2.75, 3.05) is 6.61 Å². The summed E-state index contributed by atoms with van der Waals surface area (Å²) < 4.78 is 0. The molecule has 0 saturated heterocycles. The largest absolute Gasteiger partial charge is 0.394 e. The van der Waals surface area contributed by atoms with E-state index in [1.54, 1.807) is 6.08 Å². The highest BCUT2D eigenvalue weighted by molar-refractivity contribution is 5.76. The highest BCUT2D eigenvalue weighted by Gasteiger charge is 2.17. The lowest BCUT2D eigenvalue weighted by Crippen LogP contribution is -2.45. The van der Waals surface area contributed by atoms with Crippen LogP contribution in [0, 0.1) is 0 Å². The lowest BCUT2D eigenvalue weighted by Gasteiger charge is -2.19. The van der Waals surface area contributed by atoms with E-state index < -0.39 is 12.1 Å². The first-order valence-electron chi connectivity index (χ1n) is 21.4. The van der Waals surface area contributed by atoms with E-state index in [9.17, 15) is 15.0 Å². The fraction of sp³-hybridized carbons (Fsp3) is 0.800. The number of aliphatic hydroxyl groups is 2. The first-order chi connectivity index (χ1) is 24.2. The summed E-state index contributed by atoms with van der Waals surface area (Å²) in [6.45, 7) is 4.28. The van der Waals surface area contributed by atoms with Crippen molar-refractivity contribution in [1.82, 2.24) is 5.32 Å². The second kappa shape index (κ2) is 40.8. The zero-order chi connectivity index (χ0) is 35.7. The van der Waals surface area contributed by atoms with Crippen molar-refractivity contribution in [1.29, 1.82) is 0 Å². The van der Waals surface area contributed by atoms with E-state index >= 15 is 0 Å². The van der Waals surface area contributed by atoms with Crippen LogP contribution in [0.25, 0.3) is 0 Å². The van der Waals surface area contributed by atoms with Crippen LogP contribution < -0.4 is 5.32 Å². The van der Waals surface area contributed by atoms with Crippen LogP contribution in [-0.2, 0) is 4.79 Å². The Morgan fingerprint density at radius 3 is 1.18 bits per heavy atom. The molecule has 0 fully saturated rings. The fourth-order valence-electron chi connectivity index (χ4n) is 6.20. The zero-order valence-corrected chi connectivity index (χ0v) is 32.7. The Morgan fingerprint density at radius 1 is 0.469 bits per heavy atom. The van der Waals surface area contributed by atoms with E-state index in [-0.39, 0.29) is 12.5 Å². The first kappa shape index (κ1) is 47.4. The number of unbranched alkanes of at least 4 members (excludes halogenated alkanes) is 25. The van der Waals surface area contributed by atoms with Crippen LogP contribution in [0.1, 0.15) is 213 Å². The quantitative estimate of drug-likeness (QED) is 0.0447. The molecule has 0 heterocycles. The van der Waals surface area contributed by atoms with Crippen LogP contribution in [-0.4, -0.2) is 34.9 Å². The Labute approximate surface area is 305 Å². The molecule has 0 aromatic carbocycles. The Morgan fingerprint density at radius 2 is 0.796 bits per heavy atom. The molecule has 0 aliphatic heterocycles. The van der Waals surface area contributed by atoms with Gasteiger partial charge in [-0.2, -0.15) is 0 Å². The summed E-state index contributed by atoms with van der Waals surface area (Å²) in [5.74, 6) is -0.0812. The molecule has 0 aliphatic rings. The van der Waals surface area contributed by atoms with Gasteiger partial charge in [-0.15, -0.1) is 0 Å².